The summed E-state index contributed by atoms with van der Waals surface area (Å²) in [7, 11) is -3.12. The highest BCUT2D eigenvalue weighted by atomic mass is 32.2. The standard InChI is InChI=1S/C16H30N2O4S/c1-2-23(21,22)18-10-8-15(9-11-18)17(13-16(19)20)12-14-6-4-3-5-7-14/h14-15H,2-13H2,1H3,(H,19,20). The minimum atomic E-state index is -3.12. The Balaban J connectivity index is 1.93. The van der Waals surface area contributed by atoms with Crippen molar-refractivity contribution in [3.05, 3.63) is 0 Å². The van der Waals surface area contributed by atoms with Crippen LogP contribution in [0.5, 0.6) is 0 Å². The van der Waals surface area contributed by atoms with E-state index in [0.717, 1.165) is 19.4 Å². The maximum atomic E-state index is 11.9. The van der Waals surface area contributed by atoms with E-state index in [1.165, 1.54) is 32.1 Å². The lowest BCUT2D eigenvalue weighted by molar-refractivity contribution is -0.139. The summed E-state index contributed by atoms with van der Waals surface area (Å²) in [5, 5.41) is 9.22. The van der Waals surface area contributed by atoms with Gasteiger partial charge in [0.1, 0.15) is 0 Å². The van der Waals surface area contributed by atoms with E-state index < -0.39 is 16.0 Å². The summed E-state index contributed by atoms with van der Waals surface area (Å²) in [6.07, 6.45) is 7.65. The summed E-state index contributed by atoms with van der Waals surface area (Å²) in [5.41, 5.74) is 0. The summed E-state index contributed by atoms with van der Waals surface area (Å²) < 4.78 is 25.4. The fraction of sp³-hybridized carbons (Fsp3) is 0.938. The number of hydrogen-bond acceptors (Lipinski definition) is 4. The number of aliphatic carboxylic acids is 1. The number of sulfonamides is 1. The van der Waals surface area contributed by atoms with Crippen molar-refractivity contribution >= 4 is 16.0 Å². The first-order chi connectivity index (χ1) is 10.9. The quantitative estimate of drug-likeness (QED) is 0.760. The number of carboxylic acids is 1. The van der Waals surface area contributed by atoms with Crippen molar-refractivity contribution in [2.45, 2.75) is 57.9 Å². The lowest BCUT2D eigenvalue weighted by Gasteiger charge is -2.39. The molecular weight excluding hydrogens is 316 g/mol. The summed E-state index contributed by atoms with van der Waals surface area (Å²) in [4.78, 5) is 13.3. The molecule has 0 aromatic heterocycles. The third-order valence-electron chi connectivity index (χ3n) is 5.25. The topological polar surface area (TPSA) is 77.9 Å². The second-order valence-corrected chi connectivity index (χ2v) is 9.12. The Morgan fingerprint density at radius 2 is 1.74 bits per heavy atom. The predicted molar refractivity (Wildman–Crippen MR) is 89.8 cm³/mol. The van der Waals surface area contributed by atoms with E-state index in [9.17, 15) is 18.3 Å². The van der Waals surface area contributed by atoms with Gasteiger partial charge in [-0.05, 0) is 38.5 Å². The van der Waals surface area contributed by atoms with Crippen LogP contribution in [0.15, 0.2) is 0 Å². The van der Waals surface area contributed by atoms with Crippen molar-refractivity contribution in [1.82, 2.24) is 9.21 Å². The van der Waals surface area contributed by atoms with Crippen LogP contribution in [0, 0.1) is 5.92 Å². The van der Waals surface area contributed by atoms with Crippen LogP contribution in [-0.2, 0) is 14.8 Å². The molecule has 6 nitrogen and oxygen atoms in total. The lowest BCUT2D eigenvalue weighted by Crippen LogP contribution is -2.49. The molecular formula is C16H30N2O4S. The fourth-order valence-electron chi connectivity index (χ4n) is 3.89. The van der Waals surface area contributed by atoms with Crippen molar-refractivity contribution in [3.8, 4) is 0 Å². The Hall–Kier alpha value is -0.660. The van der Waals surface area contributed by atoms with Gasteiger partial charge in [0, 0.05) is 25.7 Å². The highest BCUT2D eigenvalue weighted by molar-refractivity contribution is 7.89. The molecule has 134 valence electrons. The van der Waals surface area contributed by atoms with Crippen LogP contribution in [0.2, 0.25) is 0 Å². The SMILES string of the molecule is CCS(=O)(=O)N1CCC(N(CC(=O)O)CC2CCCCC2)CC1. The number of nitrogens with zero attached hydrogens (tertiary/aromatic N) is 2. The Morgan fingerprint density at radius 3 is 2.26 bits per heavy atom. The summed E-state index contributed by atoms with van der Waals surface area (Å²) >= 11 is 0. The number of piperidine rings is 1. The van der Waals surface area contributed by atoms with Gasteiger partial charge in [-0.15, -0.1) is 0 Å². The van der Waals surface area contributed by atoms with Gasteiger partial charge < -0.3 is 5.11 Å². The summed E-state index contributed by atoms with van der Waals surface area (Å²) in [6.45, 7) is 3.61. The van der Waals surface area contributed by atoms with Gasteiger partial charge in [-0.25, -0.2) is 12.7 Å². The molecule has 0 spiro atoms. The van der Waals surface area contributed by atoms with Crippen LogP contribution in [0.4, 0.5) is 0 Å². The predicted octanol–water partition coefficient (Wildman–Crippen LogP) is 1.77. The molecule has 7 heteroatoms. The minimum Gasteiger partial charge on any atom is -0.480 e. The van der Waals surface area contributed by atoms with Crippen molar-refractivity contribution < 1.29 is 18.3 Å². The maximum Gasteiger partial charge on any atom is 0.317 e. The van der Waals surface area contributed by atoms with E-state index in [1.54, 1.807) is 11.2 Å². The first-order valence-electron chi connectivity index (χ1n) is 8.86. The highest BCUT2D eigenvalue weighted by Crippen LogP contribution is 2.27. The van der Waals surface area contributed by atoms with E-state index in [0.29, 0.717) is 19.0 Å². The zero-order valence-corrected chi connectivity index (χ0v) is 14.9. The molecule has 0 unspecified atom stereocenters. The van der Waals surface area contributed by atoms with Gasteiger partial charge in [-0.1, -0.05) is 19.3 Å². The average molecular weight is 346 g/mol. The van der Waals surface area contributed by atoms with Crippen LogP contribution >= 0.6 is 0 Å². The van der Waals surface area contributed by atoms with Crippen molar-refractivity contribution in [3.63, 3.8) is 0 Å². The molecule has 0 bridgehead atoms. The molecule has 0 aromatic carbocycles. The van der Waals surface area contributed by atoms with Crippen molar-refractivity contribution in [2.24, 2.45) is 5.92 Å². The molecule has 2 aliphatic rings. The van der Waals surface area contributed by atoms with Crippen LogP contribution in [-0.4, -0.2) is 66.7 Å². The molecule has 2 fully saturated rings. The van der Waals surface area contributed by atoms with Gasteiger partial charge in [-0.3, -0.25) is 9.69 Å². The van der Waals surface area contributed by atoms with Gasteiger partial charge in [0.05, 0.1) is 12.3 Å². The number of carboxylic acid groups (broad SMARTS) is 1. The zero-order chi connectivity index (χ0) is 16.9. The van der Waals surface area contributed by atoms with Crippen molar-refractivity contribution in [1.29, 1.82) is 0 Å². The van der Waals surface area contributed by atoms with E-state index in [4.69, 9.17) is 0 Å². The molecule has 0 amide bonds. The van der Waals surface area contributed by atoms with Crippen molar-refractivity contribution in [2.75, 3.05) is 31.9 Å². The van der Waals surface area contributed by atoms with Gasteiger partial charge in [0.25, 0.3) is 0 Å². The normalized spacial score (nSPS) is 22.5. The molecule has 0 aromatic rings. The molecule has 2 rings (SSSR count). The smallest absolute Gasteiger partial charge is 0.317 e. The second-order valence-electron chi connectivity index (χ2n) is 6.86. The Bertz CT molecular complexity index is 480. The van der Waals surface area contributed by atoms with Gasteiger partial charge in [0.15, 0.2) is 0 Å². The Morgan fingerprint density at radius 1 is 1.13 bits per heavy atom. The minimum absolute atomic E-state index is 0.0711. The molecule has 1 saturated carbocycles. The largest absolute Gasteiger partial charge is 0.480 e. The third kappa shape index (κ3) is 5.43. The monoisotopic (exact) mass is 346 g/mol. The molecule has 0 atom stereocenters. The van der Waals surface area contributed by atoms with Crippen LogP contribution < -0.4 is 0 Å². The highest BCUT2D eigenvalue weighted by Gasteiger charge is 2.31. The number of hydrogen-bond donors (Lipinski definition) is 1. The molecule has 1 saturated heterocycles. The molecule has 23 heavy (non-hydrogen) atoms. The van der Waals surface area contributed by atoms with Crippen LogP contribution in [0.25, 0.3) is 0 Å². The molecule has 1 N–H and O–H groups in total. The number of rotatable bonds is 7. The molecule has 1 heterocycles. The average Bonchev–Trinajstić information content (AvgIpc) is 2.55. The fourth-order valence-corrected chi connectivity index (χ4v) is 5.02. The zero-order valence-electron chi connectivity index (χ0n) is 14.1. The second kappa shape index (κ2) is 8.44. The number of carbonyl (C=O) groups is 1. The first kappa shape index (κ1) is 18.7. The molecule has 0 radical (unpaired) electrons. The van der Waals surface area contributed by atoms with Gasteiger partial charge in [-0.2, -0.15) is 0 Å². The Labute approximate surface area is 139 Å². The lowest BCUT2D eigenvalue weighted by atomic mass is 9.88. The van der Waals surface area contributed by atoms with E-state index >= 15 is 0 Å². The Kier molecular flexibility index (Phi) is 6.85. The maximum absolute atomic E-state index is 11.9. The van der Waals surface area contributed by atoms with Gasteiger partial charge in [0.2, 0.25) is 10.0 Å². The summed E-state index contributed by atoms with van der Waals surface area (Å²) in [6, 6.07) is 0.191. The van der Waals surface area contributed by atoms with Crippen LogP contribution in [0.1, 0.15) is 51.9 Å². The van der Waals surface area contributed by atoms with Gasteiger partial charge >= 0.3 is 5.97 Å². The first-order valence-corrected chi connectivity index (χ1v) is 10.5. The van der Waals surface area contributed by atoms with E-state index in [1.807, 2.05) is 0 Å². The summed E-state index contributed by atoms with van der Waals surface area (Å²) in [5.74, 6) is -0.0524. The third-order valence-corrected chi connectivity index (χ3v) is 7.14. The van der Waals surface area contributed by atoms with Crippen LogP contribution in [0.3, 0.4) is 0 Å². The molecule has 1 aliphatic heterocycles. The van der Waals surface area contributed by atoms with E-state index in [2.05, 4.69) is 4.90 Å². The molecule has 1 aliphatic carbocycles. The van der Waals surface area contributed by atoms with E-state index in [-0.39, 0.29) is 18.3 Å².